The molecule has 0 bridgehead atoms. The van der Waals surface area contributed by atoms with Crippen molar-refractivity contribution in [2.45, 2.75) is 32.5 Å². The first kappa shape index (κ1) is 16.7. The maximum Gasteiger partial charge on any atom is 0.147 e. The monoisotopic (exact) mass is 320 g/mol. The highest BCUT2D eigenvalue weighted by molar-refractivity contribution is 5.85. The highest BCUT2D eigenvalue weighted by Crippen LogP contribution is 2.19. The lowest BCUT2D eigenvalue weighted by Crippen LogP contribution is -2.12. The Morgan fingerprint density at radius 2 is 1.58 bits per heavy atom. The normalized spacial score (nSPS) is 12.4. The molecule has 124 valence electrons. The lowest BCUT2D eigenvalue weighted by molar-refractivity contribution is -0.0918. The van der Waals surface area contributed by atoms with E-state index in [9.17, 15) is 0 Å². The van der Waals surface area contributed by atoms with Gasteiger partial charge in [0.15, 0.2) is 0 Å². The van der Waals surface area contributed by atoms with Crippen LogP contribution in [0.2, 0.25) is 0 Å². The summed E-state index contributed by atoms with van der Waals surface area (Å²) in [4.78, 5) is 0. The van der Waals surface area contributed by atoms with Gasteiger partial charge in [-0.25, -0.2) is 0 Å². The minimum Gasteiger partial charge on any atom is -0.352 e. The van der Waals surface area contributed by atoms with E-state index in [2.05, 4.69) is 73.7 Å². The van der Waals surface area contributed by atoms with Crippen molar-refractivity contribution in [3.05, 3.63) is 83.9 Å². The number of ether oxygens (including phenoxy) is 2. The second-order valence-corrected chi connectivity index (χ2v) is 6.11. The molecule has 0 spiro atoms. The van der Waals surface area contributed by atoms with E-state index in [-0.39, 0.29) is 6.10 Å². The van der Waals surface area contributed by atoms with Gasteiger partial charge in [-0.3, -0.25) is 0 Å². The Balaban J connectivity index is 1.41. The summed E-state index contributed by atoms with van der Waals surface area (Å²) in [6.45, 7) is 3.01. The van der Waals surface area contributed by atoms with Crippen molar-refractivity contribution in [3.8, 4) is 0 Å². The van der Waals surface area contributed by atoms with Crippen molar-refractivity contribution in [3.63, 3.8) is 0 Å². The summed E-state index contributed by atoms with van der Waals surface area (Å²) in [5, 5.41) is 2.49. The fraction of sp³-hybridized carbons (Fsp3) is 0.273. The van der Waals surface area contributed by atoms with Gasteiger partial charge in [0.25, 0.3) is 0 Å². The van der Waals surface area contributed by atoms with Crippen molar-refractivity contribution in [2.75, 3.05) is 6.79 Å². The van der Waals surface area contributed by atoms with Gasteiger partial charge in [-0.1, -0.05) is 72.8 Å². The number of hydrogen-bond donors (Lipinski definition) is 0. The van der Waals surface area contributed by atoms with Gasteiger partial charge in [-0.05, 0) is 41.7 Å². The van der Waals surface area contributed by atoms with Crippen LogP contribution in [0.1, 0.15) is 24.5 Å². The molecule has 0 aliphatic carbocycles. The fourth-order valence-electron chi connectivity index (χ4n) is 2.83. The third kappa shape index (κ3) is 4.67. The van der Waals surface area contributed by atoms with E-state index in [1.807, 2.05) is 6.07 Å². The molecule has 0 aliphatic rings. The fourth-order valence-corrected chi connectivity index (χ4v) is 2.83. The topological polar surface area (TPSA) is 18.5 Å². The van der Waals surface area contributed by atoms with Crippen LogP contribution >= 0.6 is 0 Å². The number of benzene rings is 3. The first-order valence-corrected chi connectivity index (χ1v) is 8.53. The molecule has 1 unspecified atom stereocenters. The van der Waals surface area contributed by atoms with Crippen molar-refractivity contribution in [1.82, 2.24) is 0 Å². The van der Waals surface area contributed by atoms with Gasteiger partial charge in [-0.2, -0.15) is 0 Å². The van der Waals surface area contributed by atoms with Crippen LogP contribution in [0, 0.1) is 0 Å². The second-order valence-electron chi connectivity index (χ2n) is 6.11. The van der Waals surface area contributed by atoms with E-state index < -0.39 is 0 Å². The molecule has 1 atom stereocenters. The number of hydrogen-bond acceptors (Lipinski definition) is 2. The van der Waals surface area contributed by atoms with Crippen LogP contribution in [0.5, 0.6) is 0 Å². The summed E-state index contributed by atoms with van der Waals surface area (Å²) in [5.41, 5.74) is 2.55. The molecular weight excluding hydrogens is 296 g/mol. The standard InChI is InChI=1S/C22H24O2/c1-18(14-15-19-8-3-2-4-9-19)24-17-23-16-21-12-7-11-20-10-5-6-13-22(20)21/h2-13,18H,14-17H2,1H3. The molecule has 24 heavy (non-hydrogen) atoms. The lowest BCUT2D eigenvalue weighted by Gasteiger charge is -2.14. The molecule has 2 heteroatoms. The van der Waals surface area contributed by atoms with Crippen molar-refractivity contribution < 1.29 is 9.47 Å². The largest absolute Gasteiger partial charge is 0.352 e. The summed E-state index contributed by atoms with van der Waals surface area (Å²) >= 11 is 0. The molecule has 0 aromatic heterocycles. The summed E-state index contributed by atoms with van der Waals surface area (Å²) in [5.74, 6) is 0. The Morgan fingerprint density at radius 1 is 0.833 bits per heavy atom. The smallest absolute Gasteiger partial charge is 0.147 e. The van der Waals surface area contributed by atoms with E-state index in [4.69, 9.17) is 9.47 Å². The van der Waals surface area contributed by atoms with Crippen molar-refractivity contribution in [1.29, 1.82) is 0 Å². The SMILES string of the molecule is CC(CCc1ccccc1)OCOCc1cccc2ccccc12. The minimum atomic E-state index is 0.192. The van der Waals surface area contributed by atoms with Gasteiger partial charge in [-0.15, -0.1) is 0 Å². The Kier molecular flexibility index (Phi) is 6.00. The highest BCUT2D eigenvalue weighted by atomic mass is 16.7. The van der Waals surface area contributed by atoms with Gasteiger partial charge in [0, 0.05) is 0 Å². The maximum atomic E-state index is 5.78. The van der Waals surface area contributed by atoms with Crippen LogP contribution in [-0.2, 0) is 22.5 Å². The number of aryl methyl sites for hydroxylation is 1. The van der Waals surface area contributed by atoms with Crippen LogP contribution in [-0.4, -0.2) is 12.9 Å². The van der Waals surface area contributed by atoms with Gasteiger partial charge in [0.05, 0.1) is 12.7 Å². The lowest BCUT2D eigenvalue weighted by atomic mass is 10.1. The van der Waals surface area contributed by atoms with E-state index in [0.717, 1.165) is 12.8 Å². The minimum absolute atomic E-state index is 0.192. The molecule has 0 amide bonds. The average molecular weight is 320 g/mol. The molecule has 3 aromatic carbocycles. The highest BCUT2D eigenvalue weighted by Gasteiger charge is 2.04. The second kappa shape index (κ2) is 8.62. The van der Waals surface area contributed by atoms with Gasteiger partial charge < -0.3 is 9.47 Å². The van der Waals surface area contributed by atoms with Crippen LogP contribution in [0.4, 0.5) is 0 Å². The Bertz CT molecular complexity index is 747. The maximum absolute atomic E-state index is 5.78. The summed E-state index contributed by atoms with van der Waals surface area (Å²) in [7, 11) is 0. The van der Waals surface area contributed by atoms with Crippen LogP contribution in [0.3, 0.4) is 0 Å². The summed E-state index contributed by atoms with van der Waals surface area (Å²) in [6.07, 6.45) is 2.23. The van der Waals surface area contributed by atoms with E-state index in [1.54, 1.807) is 0 Å². The Labute approximate surface area is 144 Å². The zero-order valence-electron chi connectivity index (χ0n) is 14.2. The molecule has 0 N–H and O–H groups in total. The Hall–Kier alpha value is -2.16. The summed E-state index contributed by atoms with van der Waals surface area (Å²) in [6, 6.07) is 25.2. The van der Waals surface area contributed by atoms with Crippen LogP contribution in [0.25, 0.3) is 10.8 Å². The van der Waals surface area contributed by atoms with Gasteiger partial charge in [0.1, 0.15) is 6.79 Å². The predicted molar refractivity (Wildman–Crippen MR) is 98.9 cm³/mol. The van der Waals surface area contributed by atoms with E-state index >= 15 is 0 Å². The zero-order valence-corrected chi connectivity index (χ0v) is 14.2. The average Bonchev–Trinajstić information content (AvgIpc) is 2.64. The third-order valence-electron chi connectivity index (χ3n) is 4.26. The molecule has 0 heterocycles. The van der Waals surface area contributed by atoms with Gasteiger partial charge in [0.2, 0.25) is 0 Å². The van der Waals surface area contributed by atoms with Crippen LogP contribution in [0.15, 0.2) is 72.8 Å². The quantitative estimate of drug-likeness (QED) is 0.411. The van der Waals surface area contributed by atoms with Crippen LogP contribution < -0.4 is 0 Å². The zero-order chi connectivity index (χ0) is 16.6. The van der Waals surface area contributed by atoms with Gasteiger partial charge >= 0.3 is 0 Å². The first-order chi connectivity index (χ1) is 11.8. The predicted octanol–water partition coefficient (Wildman–Crippen LogP) is 5.35. The summed E-state index contributed by atoms with van der Waals surface area (Å²) < 4.78 is 11.5. The number of fused-ring (bicyclic) bond motifs is 1. The molecule has 3 rings (SSSR count). The van der Waals surface area contributed by atoms with E-state index in [0.29, 0.717) is 13.4 Å². The third-order valence-corrected chi connectivity index (χ3v) is 4.26. The molecule has 0 radical (unpaired) electrons. The van der Waals surface area contributed by atoms with E-state index in [1.165, 1.54) is 21.9 Å². The Morgan fingerprint density at radius 3 is 2.46 bits per heavy atom. The molecule has 0 aliphatic heterocycles. The molecule has 0 saturated carbocycles. The van der Waals surface area contributed by atoms with Crippen molar-refractivity contribution >= 4 is 10.8 Å². The first-order valence-electron chi connectivity index (χ1n) is 8.53. The molecule has 0 saturated heterocycles. The molecular formula is C22H24O2. The molecule has 2 nitrogen and oxygen atoms in total. The molecule has 3 aromatic rings. The molecule has 0 fully saturated rings. The van der Waals surface area contributed by atoms with Crippen molar-refractivity contribution in [2.24, 2.45) is 0 Å². The number of rotatable bonds is 8.